The summed E-state index contributed by atoms with van der Waals surface area (Å²) in [5, 5.41) is 0.742. The molecule has 1 aromatic heterocycles. The third kappa shape index (κ3) is 2.45. The topological polar surface area (TPSA) is 37.9 Å². The van der Waals surface area contributed by atoms with Gasteiger partial charge in [0.05, 0.1) is 17.1 Å². The molecule has 3 nitrogen and oxygen atoms in total. The van der Waals surface area contributed by atoms with Crippen molar-refractivity contribution in [3.05, 3.63) is 29.0 Å². The van der Waals surface area contributed by atoms with Gasteiger partial charge in [0.25, 0.3) is 0 Å². The van der Waals surface area contributed by atoms with Crippen LogP contribution in [0, 0.1) is 0 Å². The molecule has 1 unspecified atom stereocenters. The summed E-state index contributed by atoms with van der Waals surface area (Å²) in [5.74, 6) is 1.03. The number of nitrogens with zero attached hydrogens (tertiary/aromatic N) is 1. The molecule has 1 saturated heterocycles. The van der Waals surface area contributed by atoms with Gasteiger partial charge < -0.3 is 9.72 Å². The zero-order valence-corrected chi connectivity index (χ0v) is 10.3. The number of benzene rings is 1. The average Bonchev–Trinajstić information content (AvgIpc) is 2.94. The number of fused-ring (bicyclic) bond motifs is 1. The molecule has 1 N–H and O–H groups in total. The third-order valence-corrected chi connectivity index (χ3v) is 3.46. The van der Waals surface area contributed by atoms with Crippen molar-refractivity contribution >= 4 is 22.6 Å². The first-order chi connectivity index (χ1) is 8.31. The standard InChI is InChI=1S/C13H15ClN2O/c14-9-3-5-11-12(8-9)16-13(15-11)6-4-10-2-1-7-17-10/h3,5,8,10H,1-2,4,6-7H2,(H,15,16). The summed E-state index contributed by atoms with van der Waals surface area (Å²) in [4.78, 5) is 7.85. The number of hydrogen-bond donors (Lipinski definition) is 1. The lowest BCUT2D eigenvalue weighted by molar-refractivity contribution is 0.104. The van der Waals surface area contributed by atoms with Gasteiger partial charge >= 0.3 is 0 Å². The first kappa shape index (κ1) is 11.1. The van der Waals surface area contributed by atoms with E-state index in [-0.39, 0.29) is 0 Å². The molecule has 0 amide bonds. The van der Waals surface area contributed by atoms with E-state index in [1.165, 1.54) is 12.8 Å². The molecule has 0 aliphatic carbocycles. The predicted molar refractivity (Wildman–Crippen MR) is 68.4 cm³/mol. The fourth-order valence-electron chi connectivity index (χ4n) is 2.32. The van der Waals surface area contributed by atoms with Gasteiger partial charge in [-0.1, -0.05) is 11.6 Å². The highest BCUT2D eigenvalue weighted by molar-refractivity contribution is 6.31. The molecule has 1 fully saturated rings. The van der Waals surface area contributed by atoms with Gasteiger partial charge in [0.2, 0.25) is 0 Å². The number of hydrogen-bond acceptors (Lipinski definition) is 2. The molecule has 3 rings (SSSR count). The maximum Gasteiger partial charge on any atom is 0.107 e. The van der Waals surface area contributed by atoms with Crippen molar-refractivity contribution < 1.29 is 4.74 Å². The van der Waals surface area contributed by atoms with E-state index in [9.17, 15) is 0 Å². The second kappa shape index (κ2) is 4.67. The molecule has 2 aromatic rings. The smallest absolute Gasteiger partial charge is 0.107 e. The molecule has 4 heteroatoms. The van der Waals surface area contributed by atoms with Crippen LogP contribution in [0.4, 0.5) is 0 Å². The molecule has 17 heavy (non-hydrogen) atoms. The normalized spacial score (nSPS) is 20.2. The lowest BCUT2D eigenvalue weighted by Crippen LogP contribution is -2.06. The molecule has 0 bridgehead atoms. The number of ether oxygens (including phenoxy) is 1. The zero-order chi connectivity index (χ0) is 11.7. The van der Waals surface area contributed by atoms with Crippen LogP contribution in [0.25, 0.3) is 11.0 Å². The minimum absolute atomic E-state index is 0.423. The van der Waals surface area contributed by atoms with Gasteiger partial charge in [-0.25, -0.2) is 4.98 Å². The first-order valence-electron chi connectivity index (χ1n) is 6.07. The van der Waals surface area contributed by atoms with Crippen molar-refractivity contribution in [2.75, 3.05) is 6.61 Å². The highest BCUT2D eigenvalue weighted by Crippen LogP contribution is 2.20. The van der Waals surface area contributed by atoms with E-state index < -0.39 is 0 Å². The lowest BCUT2D eigenvalue weighted by atomic mass is 10.1. The van der Waals surface area contributed by atoms with E-state index in [1.54, 1.807) is 0 Å². The maximum absolute atomic E-state index is 5.94. The second-order valence-corrected chi connectivity index (χ2v) is 4.96. The number of aryl methyl sites for hydroxylation is 1. The highest BCUT2D eigenvalue weighted by Gasteiger charge is 2.15. The number of halogens is 1. The van der Waals surface area contributed by atoms with Crippen molar-refractivity contribution in [1.82, 2.24) is 9.97 Å². The molecule has 1 aliphatic rings. The molecule has 0 spiro atoms. The Kier molecular flexibility index (Phi) is 3.04. The number of aromatic amines is 1. The Balaban J connectivity index is 1.72. The van der Waals surface area contributed by atoms with Crippen LogP contribution in [0.1, 0.15) is 25.1 Å². The number of imidazole rings is 1. The Morgan fingerprint density at radius 3 is 3.24 bits per heavy atom. The van der Waals surface area contributed by atoms with Gasteiger partial charge in [-0.3, -0.25) is 0 Å². The Morgan fingerprint density at radius 2 is 2.41 bits per heavy atom. The molecule has 0 radical (unpaired) electrons. The van der Waals surface area contributed by atoms with Gasteiger partial charge in [-0.15, -0.1) is 0 Å². The van der Waals surface area contributed by atoms with Crippen molar-refractivity contribution in [1.29, 1.82) is 0 Å². The predicted octanol–water partition coefficient (Wildman–Crippen LogP) is 3.33. The molecule has 1 aliphatic heterocycles. The van der Waals surface area contributed by atoms with Crippen molar-refractivity contribution in [2.45, 2.75) is 31.8 Å². The summed E-state index contributed by atoms with van der Waals surface area (Å²) in [5.41, 5.74) is 2.00. The molecule has 1 aromatic carbocycles. The Morgan fingerprint density at radius 1 is 1.47 bits per heavy atom. The summed E-state index contributed by atoms with van der Waals surface area (Å²) in [7, 11) is 0. The maximum atomic E-state index is 5.94. The quantitative estimate of drug-likeness (QED) is 0.907. The Hall–Kier alpha value is -1.06. The fraction of sp³-hybridized carbons (Fsp3) is 0.462. The fourth-order valence-corrected chi connectivity index (χ4v) is 2.49. The summed E-state index contributed by atoms with van der Waals surface area (Å²) in [6, 6.07) is 5.73. The van der Waals surface area contributed by atoms with Crippen molar-refractivity contribution in [3.63, 3.8) is 0 Å². The van der Waals surface area contributed by atoms with Crippen molar-refractivity contribution in [2.24, 2.45) is 0 Å². The number of H-pyrrole nitrogens is 1. The van der Waals surface area contributed by atoms with Crippen LogP contribution in [-0.4, -0.2) is 22.7 Å². The van der Waals surface area contributed by atoms with Crippen LogP contribution in [-0.2, 0) is 11.2 Å². The molecule has 90 valence electrons. The summed E-state index contributed by atoms with van der Waals surface area (Å²) in [6.45, 7) is 0.917. The zero-order valence-electron chi connectivity index (χ0n) is 9.58. The minimum atomic E-state index is 0.423. The largest absolute Gasteiger partial charge is 0.378 e. The van der Waals surface area contributed by atoms with Crippen molar-refractivity contribution in [3.8, 4) is 0 Å². The summed E-state index contributed by atoms with van der Waals surface area (Å²) >= 11 is 5.94. The number of nitrogens with one attached hydrogen (secondary N) is 1. The first-order valence-corrected chi connectivity index (χ1v) is 6.45. The van der Waals surface area contributed by atoms with Crippen LogP contribution in [0.15, 0.2) is 18.2 Å². The summed E-state index contributed by atoms with van der Waals surface area (Å²) in [6.07, 6.45) is 4.79. The highest BCUT2D eigenvalue weighted by atomic mass is 35.5. The second-order valence-electron chi connectivity index (χ2n) is 4.52. The third-order valence-electron chi connectivity index (χ3n) is 3.22. The molecule has 1 atom stereocenters. The van der Waals surface area contributed by atoms with Gasteiger partial charge in [0.1, 0.15) is 5.82 Å². The Labute approximate surface area is 105 Å². The monoisotopic (exact) mass is 250 g/mol. The van der Waals surface area contributed by atoms with E-state index in [1.807, 2.05) is 18.2 Å². The Bertz CT molecular complexity index is 517. The van der Waals surface area contributed by atoms with E-state index in [0.29, 0.717) is 6.10 Å². The minimum Gasteiger partial charge on any atom is -0.378 e. The molecular weight excluding hydrogens is 236 g/mol. The van der Waals surface area contributed by atoms with Crippen LogP contribution >= 0.6 is 11.6 Å². The van der Waals surface area contributed by atoms with Gasteiger partial charge in [-0.05, 0) is 37.5 Å². The SMILES string of the molecule is Clc1ccc2nc(CCC3CCCO3)[nH]c2c1. The summed E-state index contributed by atoms with van der Waals surface area (Å²) < 4.78 is 5.61. The van der Waals surface area contributed by atoms with Crippen LogP contribution in [0.5, 0.6) is 0 Å². The lowest BCUT2D eigenvalue weighted by Gasteiger charge is -2.06. The van der Waals surface area contributed by atoms with Crippen LogP contribution in [0.3, 0.4) is 0 Å². The van der Waals surface area contributed by atoms with E-state index in [0.717, 1.165) is 41.3 Å². The molecule has 2 heterocycles. The van der Waals surface area contributed by atoms with Gasteiger partial charge in [-0.2, -0.15) is 0 Å². The molecule has 0 saturated carbocycles. The number of aromatic nitrogens is 2. The van der Waals surface area contributed by atoms with Gasteiger partial charge in [0, 0.05) is 18.1 Å². The van der Waals surface area contributed by atoms with Crippen LogP contribution in [0.2, 0.25) is 5.02 Å². The molecular formula is C13H15ClN2O. The van der Waals surface area contributed by atoms with E-state index in [4.69, 9.17) is 16.3 Å². The van der Waals surface area contributed by atoms with Crippen LogP contribution < -0.4 is 0 Å². The number of rotatable bonds is 3. The van der Waals surface area contributed by atoms with E-state index >= 15 is 0 Å². The van der Waals surface area contributed by atoms with E-state index in [2.05, 4.69) is 9.97 Å². The van der Waals surface area contributed by atoms with Gasteiger partial charge in [0.15, 0.2) is 0 Å². The average molecular weight is 251 g/mol.